The van der Waals surface area contributed by atoms with Crippen LogP contribution in [0.1, 0.15) is 38.8 Å². The van der Waals surface area contributed by atoms with Crippen LogP contribution < -0.4 is 16.4 Å². The number of fused-ring (bicyclic) bond motifs is 1. The Morgan fingerprint density at radius 1 is 0.865 bits per heavy atom. The monoisotopic (exact) mass is 490 g/mol. The van der Waals surface area contributed by atoms with Crippen molar-refractivity contribution in [2.75, 3.05) is 16.4 Å². The number of nitrogens with two attached hydrogens (primary N) is 1. The molecule has 184 valence electrons. The van der Waals surface area contributed by atoms with Gasteiger partial charge in [0.25, 0.3) is 11.8 Å². The molecule has 37 heavy (non-hydrogen) atoms. The molecule has 0 saturated carbocycles. The second kappa shape index (κ2) is 9.99. The normalized spacial score (nSPS) is 12.2. The van der Waals surface area contributed by atoms with E-state index in [0.29, 0.717) is 41.3 Å². The summed E-state index contributed by atoms with van der Waals surface area (Å²) in [7, 11) is 0. The van der Waals surface area contributed by atoms with Crippen LogP contribution in [0, 0.1) is 0 Å². The molecule has 0 saturated heterocycles. The van der Waals surface area contributed by atoms with Crippen molar-refractivity contribution in [3.8, 4) is 11.1 Å². The van der Waals surface area contributed by atoms with Crippen molar-refractivity contribution >= 4 is 34.8 Å². The Hall–Kier alpha value is -4.91. The number of anilines is 3. The van der Waals surface area contributed by atoms with Gasteiger partial charge in [0.2, 0.25) is 5.91 Å². The lowest BCUT2D eigenvalue weighted by molar-refractivity contribution is -0.114. The Labute approximate surface area is 214 Å². The van der Waals surface area contributed by atoms with E-state index in [1.807, 2.05) is 66.7 Å². The lowest BCUT2D eigenvalue weighted by atomic mass is 9.96. The zero-order chi connectivity index (χ0) is 25.9. The van der Waals surface area contributed by atoms with Gasteiger partial charge in [0.15, 0.2) is 0 Å². The summed E-state index contributed by atoms with van der Waals surface area (Å²) in [6.07, 6.45) is 0. The Bertz CT molecular complexity index is 1510. The van der Waals surface area contributed by atoms with Gasteiger partial charge in [-0.25, -0.2) is 0 Å². The molecule has 3 amide bonds. The average molecular weight is 491 g/mol. The standard InChI is InChI=1S/C30H26N4O3/c1-19(35)32-23-7-4-6-22(16-23)24-8-5-9-25-26(24)18-34(30(25)37)17-20-12-14-21(15-13-20)29(36)33-28-11-3-2-10-27(28)31/h2-16H,17-18,31H2,1H3,(H,32,35)(H,33,36). The van der Waals surface area contributed by atoms with Crippen molar-refractivity contribution < 1.29 is 14.4 Å². The van der Waals surface area contributed by atoms with E-state index in [2.05, 4.69) is 10.6 Å². The van der Waals surface area contributed by atoms with Crippen LogP contribution in [-0.2, 0) is 17.9 Å². The van der Waals surface area contributed by atoms with Gasteiger partial charge in [-0.15, -0.1) is 0 Å². The predicted octanol–water partition coefficient (Wildman–Crippen LogP) is 5.30. The molecule has 0 unspecified atom stereocenters. The van der Waals surface area contributed by atoms with E-state index < -0.39 is 0 Å². The second-order valence-electron chi connectivity index (χ2n) is 8.99. The van der Waals surface area contributed by atoms with Crippen LogP contribution in [0.3, 0.4) is 0 Å². The van der Waals surface area contributed by atoms with Crippen LogP contribution >= 0.6 is 0 Å². The number of hydrogen-bond donors (Lipinski definition) is 3. The molecule has 0 radical (unpaired) electrons. The molecule has 1 aliphatic rings. The summed E-state index contributed by atoms with van der Waals surface area (Å²) < 4.78 is 0. The van der Waals surface area contributed by atoms with Gasteiger partial charge in [-0.3, -0.25) is 14.4 Å². The summed E-state index contributed by atoms with van der Waals surface area (Å²) in [4.78, 5) is 39.1. The molecule has 4 aromatic carbocycles. The van der Waals surface area contributed by atoms with Gasteiger partial charge in [-0.05, 0) is 64.7 Å². The maximum Gasteiger partial charge on any atom is 0.255 e. The number of hydrogen-bond acceptors (Lipinski definition) is 4. The van der Waals surface area contributed by atoms with Gasteiger partial charge in [-0.2, -0.15) is 0 Å². The highest BCUT2D eigenvalue weighted by molar-refractivity contribution is 6.05. The largest absolute Gasteiger partial charge is 0.397 e. The Kier molecular flexibility index (Phi) is 6.43. The van der Waals surface area contributed by atoms with E-state index in [0.717, 1.165) is 22.3 Å². The van der Waals surface area contributed by atoms with Crippen LogP contribution in [0.4, 0.5) is 17.1 Å². The fraction of sp³-hybridized carbons (Fsp3) is 0.100. The summed E-state index contributed by atoms with van der Waals surface area (Å²) >= 11 is 0. The van der Waals surface area contributed by atoms with Crippen LogP contribution in [0.5, 0.6) is 0 Å². The maximum absolute atomic E-state index is 13.2. The lowest BCUT2D eigenvalue weighted by Crippen LogP contribution is -2.23. The Balaban J connectivity index is 1.31. The number of benzene rings is 4. The summed E-state index contributed by atoms with van der Waals surface area (Å²) in [5.41, 5.74) is 12.7. The summed E-state index contributed by atoms with van der Waals surface area (Å²) in [5.74, 6) is -0.416. The van der Waals surface area contributed by atoms with Crippen molar-refractivity contribution in [2.24, 2.45) is 0 Å². The van der Waals surface area contributed by atoms with Gasteiger partial charge < -0.3 is 21.3 Å². The van der Waals surface area contributed by atoms with Crippen LogP contribution in [0.15, 0.2) is 91.0 Å². The van der Waals surface area contributed by atoms with Crippen molar-refractivity contribution in [3.05, 3.63) is 113 Å². The first-order valence-corrected chi connectivity index (χ1v) is 11.9. The summed E-state index contributed by atoms with van der Waals surface area (Å²) in [6, 6.07) is 27.7. The second-order valence-corrected chi connectivity index (χ2v) is 8.99. The summed E-state index contributed by atoms with van der Waals surface area (Å²) in [5, 5.41) is 5.63. The molecule has 7 heteroatoms. The first-order chi connectivity index (χ1) is 17.9. The third-order valence-corrected chi connectivity index (χ3v) is 6.34. The first kappa shape index (κ1) is 23.8. The molecular weight excluding hydrogens is 464 g/mol. The van der Waals surface area contributed by atoms with Crippen molar-refractivity contribution in [1.29, 1.82) is 0 Å². The SMILES string of the molecule is CC(=O)Nc1cccc(-c2cccc3c2CN(Cc2ccc(C(=O)Nc4ccccc4N)cc2)C3=O)c1. The van der Waals surface area contributed by atoms with Crippen molar-refractivity contribution in [1.82, 2.24) is 4.90 Å². The molecule has 1 heterocycles. The van der Waals surface area contributed by atoms with E-state index in [-0.39, 0.29) is 17.7 Å². The molecule has 0 fully saturated rings. The number of rotatable bonds is 6. The predicted molar refractivity (Wildman–Crippen MR) is 145 cm³/mol. The molecule has 0 aliphatic carbocycles. The number of para-hydroxylation sites is 2. The molecule has 5 rings (SSSR count). The highest BCUT2D eigenvalue weighted by Gasteiger charge is 2.29. The number of carbonyl (C=O) groups excluding carboxylic acids is 3. The van der Waals surface area contributed by atoms with Crippen LogP contribution in [0.2, 0.25) is 0 Å². The number of nitrogen functional groups attached to an aromatic ring is 1. The van der Waals surface area contributed by atoms with Crippen LogP contribution in [0.25, 0.3) is 11.1 Å². The zero-order valence-corrected chi connectivity index (χ0v) is 20.3. The molecule has 4 aromatic rings. The molecule has 0 spiro atoms. The number of amides is 3. The van der Waals surface area contributed by atoms with Gasteiger partial charge in [-0.1, -0.05) is 48.5 Å². The smallest absolute Gasteiger partial charge is 0.255 e. The number of nitrogens with one attached hydrogen (secondary N) is 2. The fourth-order valence-corrected chi connectivity index (χ4v) is 4.54. The summed E-state index contributed by atoms with van der Waals surface area (Å²) in [6.45, 7) is 2.37. The quantitative estimate of drug-likeness (QED) is 0.319. The van der Waals surface area contributed by atoms with Gasteiger partial charge in [0.05, 0.1) is 11.4 Å². The first-order valence-electron chi connectivity index (χ1n) is 11.9. The van der Waals surface area contributed by atoms with Crippen molar-refractivity contribution in [3.63, 3.8) is 0 Å². The highest BCUT2D eigenvalue weighted by Crippen LogP contribution is 2.34. The maximum atomic E-state index is 13.2. The van der Waals surface area contributed by atoms with Gasteiger partial charge in [0.1, 0.15) is 0 Å². The lowest BCUT2D eigenvalue weighted by Gasteiger charge is -2.16. The van der Waals surface area contributed by atoms with E-state index in [9.17, 15) is 14.4 Å². The zero-order valence-electron chi connectivity index (χ0n) is 20.3. The van der Waals surface area contributed by atoms with E-state index >= 15 is 0 Å². The van der Waals surface area contributed by atoms with E-state index in [1.165, 1.54) is 6.92 Å². The number of nitrogens with zero attached hydrogens (tertiary/aromatic N) is 1. The van der Waals surface area contributed by atoms with Crippen LogP contribution in [-0.4, -0.2) is 22.6 Å². The topological polar surface area (TPSA) is 105 Å². The minimum atomic E-state index is -0.250. The van der Waals surface area contributed by atoms with E-state index in [1.54, 1.807) is 29.2 Å². The van der Waals surface area contributed by atoms with Gasteiger partial charge in [0, 0.05) is 36.8 Å². The average Bonchev–Trinajstić information content (AvgIpc) is 3.20. The van der Waals surface area contributed by atoms with E-state index in [4.69, 9.17) is 5.73 Å². The van der Waals surface area contributed by atoms with Gasteiger partial charge >= 0.3 is 0 Å². The number of carbonyl (C=O) groups is 3. The third kappa shape index (κ3) is 5.06. The van der Waals surface area contributed by atoms with Crippen molar-refractivity contribution in [2.45, 2.75) is 20.0 Å². The highest BCUT2D eigenvalue weighted by atomic mass is 16.2. The molecule has 0 atom stereocenters. The minimum absolute atomic E-state index is 0.0313. The Morgan fingerprint density at radius 3 is 2.35 bits per heavy atom. The molecule has 7 nitrogen and oxygen atoms in total. The molecule has 1 aliphatic heterocycles. The minimum Gasteiger partial charge on any atom is -0.397 e. The Morgan fingerprint density at radius 2 is 1.59 bits per heavy atom. The molecular formula is C30H26N4O3. The molecule has 0 bridgehead atoms. The third-order valence-electron chi connectivity index (χ3n) is 6.34. The fourth-order valence-electron chi connectivity index (χ4n) is 4.54. The molecule has 0 aromatic heterocycles. The molecule has 4 N–H and O–H groups in total.